The molecule has 0 aromatic rings. The Balaban J connectivity index is 3.42. The summed E-state index contributed by atoms with van der Waals surface area (Å²) in [6, 6.07) is 0. The molecular weight excluding hydrogens is 216 g/mol. The van der Waals surface area contributed by atoms with Crippen LogP contribution >= 0.6 is 0 Å². The molecular formula is C18H36. The van der Waals surface area contributed by atoms with E-state index in [1.54, 1.807) is 0 Å². The molecule has 1 unspecified atom stereocenters. The predicted molar refractivity (Wildman–Crippen MR) is 85.1 cm³/mol. The van der Waals surface area contributed by atoms with Crippen LogP contribution in [-0.2, 0) is 0 Å². The quantitative estimate of drug-likeness (QED) is 0.247. The Morgan fingerprint density at radius 2 is 1.33 bits per heavy atom. The molecule has 0 aromatic carbocycles. The lowest BCUT2D eigenvalue weighted by Crippen LogP contribution is -1.98. The Labute approximate surface area is 116 Å². The van der Waals surface area contributed by atoms with Crippen LogP contribution in [0.3, 0.4) is 0 Å². The molecule has 0 aliphatic heterocycles. The van der Waals surface area contributed by atoms with Gasteiger partial charge in [-0.3, -0.25) is 0 Å². The van der Waals surface area contributed by atoms with E-state index in [0.29, 0.717) is 0 Å². The van der Waals surface area contributed by atoms with E-state index in [1.807, 2.05) is 0 Å². The molecule has 1 atom stereocenters. The van der Waals surface area contributed by atoms with E-state index in [9.17, 15) is 0 Å². The van der Waals surface area contributed by atoms with Crippen molar-refractivity contribution in [2.45, 2.75) is 97.8 Å². The summed E-state index contributed by atoms with van der Waals surface area (Å²) in [5.74, 6) is 0.974. The van der Waals surface area contributed by atoms with Crippen LogP contribution in [-0.4, -0.2) is 0 Å². The van der Waals surface area contributed by atoms with Gasteiger partial charge >= 0.3 is 0 Å². The van der Waals surface area contributed by atoms with Crippen molar-refractivity contribution in [2.24, 2.45) is 5.92 Å². The molecule has 108 valence electrons. The summed E-state index contributed by atoms with van der Waals surface area (Å²) in [4.78, 5) is 0. The molecule has 0 radical (unpaired) electrons. The highest BCUT2D eigenvalue weighted by molar-refractivity contribution is 4.82. The fourth-order valence-corrected chi connectivity index (χ4v) is 2.49. The molecule has 0 aliphatic rings. The summed E-state index contributed by atoms with van der Waals surface area (Å²) in [5, 5.41) is 0. The average Bonchev–Trinajstić information content (AvgIpc) is 2.40. The molecule has 0 spiro atoms. The van der Waals surface area contributed by atoms with E-state index in [4.69, 9.17) is 0 Å². The van der Waals surface area contributed by atoms with Gasteiger partial charge in [0.25, 0.3) is 0 Å². The van der Waals surface area contributed by atoms with Gasteiger partial charge in [0.2, 0.25) is 0 Å². The van der Waals surface area contributed by atoms with Crippen LogP contribution in [0, 0.1) is 5.92 Å². The molecule has 0 N–H and O–H groups in total. The molecule has 18 heavy (non-hydrogen) atoms. The number of hydrogen-bond donors (Lipinski definition) is 0. The van der Waals surface area contributed by atoms with Crippen LogP contribution in [0.4, 0.5) is 0 Å². The zero-order valence-corrected chi connectivity index (χ0v) is 13.2. The van der Waals surface area contributed by atoms with Gasteiger partial charge in [-0.15, -0.1) is 0 Å². The summed E-state index contributed by atoms with van der Waals surface area (Å²) >= 11 is 0. The van der Waals surface area contributed by atoms with E-state index in [0.717, 1.165) is 5.92 Å². The SMILES string of the molecule is CCCCC/C=C/CCC(CC)CCCCCC. The van der Waals surface area contributed by atoms with Gasteiger partial charge in [0.05, 0.1) is 0 Å². The van der Waals surface area contributed by atoms with Crippen LogP contribution in [0.1, 0.15) is 97.8 Å². The molecule has 0 amide bonds. The van der Waals surface area contributed by atoms with Crippen molar-refractivity contribution in [1.29, 1.82) is 0 Å². The smallest absolute Gasteiger partial charge is 0.0348 e. The second kappa shape index (κ2) is 14.8. The Morgan fingerprint density at radius 3 is 2.00 bits per heavy atom. The van der Waals surface area contributed by atoms with Gasteiger partial charge in [0, 0.05) is 0 Å². The van der Waals surface area contributed by atoms with E-state index in [2.05, 4.69) is 32.9 Å². The summed E-state index contributed by atoms with van der Waals surface area (Å²) in [7, 11) is 0. The van der Waals surface area contributed by atoms with Gasteiger partial charge < -0.3 is 0 Å². The first kappa shape index (κ1) is 17.7. The first-order chi connectivity index (χ1) is 8.85. The van der Waals surface area contributed by atoms with Crippen molar-refractivity contribution >= 4 is 0 Å². The maximum atomic E-state index is 2.42. The Morgan fingerprint density at radius 1 is 0.667 bits per heavy atom. The highest BCUT2D eigenvalue weighted by Crippen LogP contribution is 2.19. The molecule has 0 aromatic heterocycles. The summed E-state index contributed by atoms with van der Waals surface area (Å²) in [6.45, 7) is 6.92. The van der Waals surface area contributed by atoms with Crippen molar-refractivity contribution in [2.75, 3.05) is 0 Å². The largest absolute Gasteiger partial charge is 0.0885 e. The molecule has 0 rings (SSSR count). The van der Waals surface area contributed by atoms with Crippen molar-refractivity contribution in [1.82, 2.24) is 0 Å². The van der Waals surface area contributed by atoms with E-state index >= 15 is 0 Å². The Hall–Kier alpha value is -0.260. The lowest BCUT2D eigenvalue weighted by Gasteiger charge is -2.13. The molecule has 0 bridgehead atoms. The van der Waals surface area contributed by atoms with Gasteiger partial charge in [-0.1, -0.05) is 84.3 Å². The van der Waals surface area contributed by atoms with Crippen LogP contribution < -0.4 is 0 Å². The fourth-order valence-electron chi connectivity index (χ4n) is 2.49. The monoisotopic (exact) mass is 252 g/mol. The molecule has 0 heteroatoms. The Kier molecular flexibility index (Phi) is 14.6. The topological polar surface area (TPSA) is 0 Å². The number of rotatable bonds is 13. The first-order valence-corrected chi connectivity index (χ1v) is 8.50. The standard InChI is InChI=1S/C18H36/c1-4-7-9-11-12-13-15-17-18(6-3)16-14-10-8-5-2/h12-13,18H,4-11,14-17H2,1-3H3/b13-12+. The molecule has 0 nitrogen and oxygen atoms in total. The van der Waals surface area contributed by atoms with E-state index < -0.39 is 0 Å². The maximum absolute atomic E-state index is 2.42. The Bertz CT molecular complexity index is 169. The van der Waals surface area contributed by atoms with E-state index in [1.165, 1.54) is 77.0 Å². The summed E-state index contributed by atoms with van der Waals surface area (Å²) in [6.07, 6.45) is 21.4. The lowest BCUT2D eigenvalue weighted by atomic mass is 9.93. The zero-order chi connectivity index (χ0) is 13.5. The fraction of sp³-hybridized carbons (Fsp3) is 0.889. The minimum atomic E-state index is 0.974. The van der Waals surface area contributed by atoms with Gasteiger partial charge in [-0.25, -0.2) is 0 Å². The maximum Gasteiger partial charge on any atom is -0.0348 e. The normalized spacial score (nSPS) is 13.3. The molecule has 0 heterocycles. The number of hydrogen-bond acceptors (Lipinski definition) is 0. The third-order valence-corrected chi connectivity index (χ3v) is 3.93. The second-order valence-electron chi connectivity index (χ2n) is 5.67. The van der Waals surface area contributed by atoms with Crippen LogP contribution in [0.2, 0.25) is 0 Å². The molecule has 0 fully saturated rings. The third kappa shape index (κ3) is 12.2. The van der Waals surface area contributed by atoms with Gasteiger partial charge in [0.1, 0.15) is 0 Å². The average molecular weight is 252 g/mol. The highest BCUT2D eigenvalue weighted by Gasteiger charge is 2.04. The van der Waals surface area contributed by atoms with Gasteiger partial charge in [0.15, 0.2) is 0 Å². The minimum Gasteiger partial charge on any atom is -0.0885 e. The summed E-state index contributed by atoms with van der Waals surface area (Å²) in [5.41, 5.74) is 0. The number of allylic oxidation sites excluding steroid dienone is 2. The zero-order valence-electron chi connectivity index (χ0n) is 13.2. The van der Waals surface area contributed by atoms with Crippen molar-refractivity contribution in [3.8, 4) is 0 Å². The number of unbranched alkanes of at least 4 members (excludes halogenated alkanes) is 6. The van der Waals surface area contributed by atoms with Crippen molar-refractivity contribution < 1.29 is 0 Å². The second-order valence-corrected chi connectivity index (χ2v) is 5.67. The van der Waals surface area contributed by atoms with Crippen LogP contribution in [0.15, 0.2) is 12.2 Å². The van der Waals surface area contributed by atoms with Gasteiger partial charge in [-0.2, -0.15) is 0 Å². The van der Waals surface area contributed by atoms with E-state index in [-0.39, 0.29) is 0 Å². The van der Waals surface area contributed by atoms with Crippen LogP contribution in [0.5, 0.6) is 0 Å². The molecule has 0 saturated heterocycles. The van der Waals surface area contributed by atoms with Crippen molar-refractivity contribution in [3.63, 3.8) is 0 Å². The lowest BCUT2D eigenvalue weighted by molar-refractivity contribution is 0.417. The predicted octanol–water partition coefficient (Wildman–Crippen LogP) is 6.90. The van der Waals surface area contributed by atoms with Gasteiger partial charge in [-0.05, 0) is 31.6 Å². The summed E-state index contributed by atoms with van der Waals surface area (Å²) < 4.78 is 0. The van der Waals surface area contributed by atoms with Crippen molar-refractivity contribution in [3.05, 3.63) is 12.2 Å². The third-order valence-electron chi connectivity index (χ3n) is 3.93. The first-order valence-electron chi connectivity index (χ1n) is 8.50. The van der Waals surface area contributed by atoms with Crippen LogP contribution in [0.25, 0.3) is 0 Å². The molecule has 0 aliphatic carbocycles. The highest BCUT2D eigenvalue weighted by atomic mass is 14.1. The minimum absolute atomic E-state index is 0.974. The molecule has 0 saturated carbocycles.